The van der Waals surface area contributed by atoms with E-state index in [-0.39, 0.29) is 17.8 Å². The van der Waals surface area contributed by atoms with Gasteiger partial charge < -0.3 is 20.7 Å². The normalized spacial score (nSPS) is 22.9. The summed E-state index contributed by atoms with van der Waals surface area (Å²) in [7, 11) is 1.54. The number of nitrogens with two attached hydrogens (primary N) is 1. The second-order valence-electron chi connectivity index (χ2n) is 5.26. The summed E-state index contributed by atoms with van der Waals surface area (Å²) in [6, 6.07) is 3.00. The van der Waals surface area contributed by atoms with E-state index in [9.17, 15) is 14.9 Å². The van der Waals surface area contributed by atoms with E-state index in [1.54, 1.807) is 11.9 Å². The third-order valence-electron chi connectivity index (χ3n) is 4.11. The summed E-state index contributed by atoms with van der Waals surface area (Å²) in [6.45, 7) is 3.29. The molecular weight excluding hydrogens is 260 g/mol. The van der Waals surface area contributed by atoms with Gasteiger partial charge in [0, 0.05) is 25.2 Å². The van der Waals surface area contributed by atoms with E-state index >= 15 is 0 Å². The molecule has 7 nitrogen and oxygen atoms in total. The molecule has 0 spiro atoms. The van der Waals surface area contributed by atoms with Crippen LogP contribution in [0.5, 0.6) is 0 Å². The molecule has 7 heteroatoms. The molecule has 20 heavy (non-hydrogen) atoms. The van der Waals surface area contributed by atoms with Crippen molar-refractivity contribution in [3.05, 3.63) is 27.9 Å². The lowest BCUT2D eigenvalue weighted by molar-refractivity contribution is -0.391. The van der Waals surface area contributed by atoms with Gasteiger partial charge in [0.2, 0.25) is 0 Å². The van der Waals surface area contributed by atoms with Gasteiger partial charge in [-0.2, -0.15) is 0 Å². The summed E-state index contributed by atoms with van der Waals surface area (Å²) in [5.74, 6) is 0.0583. The molecular formula is C13H20N4O3. The number of hydrogen-bond donors (Lipinski definition) is 1. The van der Waals surface area contributed by atoms with E-state index in [0.29, 0.717) is 24.7 Å². The van der Waals surface area contributed by atoms with E-state index in [0.717, 1.165) is 12.8 Å². The number of carbonyl (C=O) groups excluding carboxylic acids is 1. The zero-order chi connectivity index (χ0) is 14.9. The standard InChI is InChI=1S/C13H20N4O3/c1-3-9-8-16(7-6-10(9)14)13(18)11-4-5-12(15(11)2)17(19)20/h4-5,9-10H,3,6-8,14H2,1-2H3. The molecule has 1 aliphatic heterocycles. The molecule has 0 saturated carbocycles. The van der Waals surface area contributed by atoms with E-state index < -0.39 is 4.92 Å². The molecule has 1 aromatic rings. The first-order valence-electron chi connectivity index (χ1n) is 6.80. The minimum Gasteiger partial charge on any atom is -0.358 e. The lowest BCUT2D eigenvalue weighted by Crippen LogP contribution is -2.49. The number of piperidine rings is 1. The Morgan fingerprint density at radius 3 is 2.80 bits per heavy atom. The van der Waals surface area contributed by atoms with Crippen molar-refractivity contribution in [2.24, 2.45) is 18.7 Å². The molecule has 0 bridgehead atoms. The van der Waals surface area contributed by atoms with Gasteiger partial charge in [0.15, 0.2) is 5.69 Å². The number of carbonyl (C=O) groups is 1. The minimum atomic E-state index is -0.488. The van der Waals surface area contributed by atoms with E-state index in [2.05, 4.69) is 6.92 Å². The van der Waals surface area contributed by atoms with Crippen LogP contribution in [0, 0.1) is 16.0 Å². The van der Waals surface area contributed by atoms with Crippen molar-refractivity contribution < 1.29 is 9.72 Å². The predicted molar refractivity (Wildman–Crippen MR) is 74.3 cm³/mol. The molecule has 0 aliphatic carbocycles. The predicted octanol–water partition coefficient (Wildman–Crippen LogP) is 1.13. The Morgan fingerprint density at radius 1 is 1.55 bits per heavy atom. The molecule has 1 amide bonds. The SMILES string of the molecule is CCC1CN(C(=O)c2ccc([N+](=O)[O-])n2C)CCC1N. The molecule has 2 rings (SSSR count). The first-order chi connectivity index (χ1) is 9.45. The minimum absolute atomic E-state index is 0.0749. The van der Waals surface area contributed by atoms with Crippen molar-refractivity contribution in [3.8, 4) is 0 Å². The van der Waals surface area contributed by atoms with Crippen LogP contribution >= 0.6 is 0 Å². The summed E-state index contributed by atoms with van der Waals surface area (Å²) in [6.07, 6.45) is 1.70. The highest BCUT2D eigenvalue weighted by atomic mass is 16.6. The lowest BCUT2D eigenvalue weighted by atomic mass is 9.90. The first kappa shape index (κ1) is 14.5. The third-order valence-corrected chi connectivity index (χ3v) is 4.11. The molecule has 110 valence electrons. The van der Waals surface area contributed by atoms with Gasteiger partial charge in [-0.05, 0) is 23.3 Å². The fraction of sp³-hybridized carbons (Fsp3) is 0.615. The summed E-state index contributed by atoms with van der Waals surface area (Å²) < 4.78 is 1.33. The van der Waals surface area contributed by atoms with Crippen LogP contribution in [0.15, 0.2) is 12.1 Å². The van der Waals surface area contributed by atoms with E-state index in [1.165, 1.54) is 16.7 Å². The Hall–Kier alpha value is -1.89. The summed E-state index contributed by atoms with van der Waals surface area (Å²) in [5, 5.41) is 10.8. The fourth-order valence-corrected chi connectivity index (χ4v) is 2.73. The maximum atomic E-state index is 12.5. The molecule has 2 heterocycles. The smallest absolute Gasteiger partial charge is 0.323 e. The Balaban J connectivity index is 2.18. The highest BCUT2D eigenvalue weighted by molar-refractivity contribution is 5.93. The summed E-state index contributed by atoms with van der Waals surface area (Å²) >= 11 is 0. The molecule has 1 aromatic heterocycles. The van der Waals surface area contributed by atoms with Crippen LogP contribution in [0.3, 0.4) is 0 Å². The molecule has 2 atom stereocenters. The molecule has 2 unspecified atom stereocenters. The van der Waals surface area contributed by atoms with Gasteiger partial charge in [-0.3, -0.25) is 4.79 Å². The van der Waals surface area contributed by atoms with Crippen LogP contribution in [0.25, 0.3) is 0 Å². The Bertz CT molecular complexity index is 526. The van der Waals surface area contributed by atoms with Crippen molar-refractivity contribution in [1.82, 2.24) is 9.47 Å². The summed E-state index contributed by atoms with van der Waals surface area (Å²) in [5.41, 5.74) is 6.38. The Labute approximate surface area is 117 Å². The number of rotatable bonds is 3. The van der Waals surface area contributed by atoms with Crippen molar-refractivity contribution in [1.29, 1.82) is 0 Å². The van der Waals surface area contributed by atoms with Crippen molar-refractivity contribution >= 4 is 11.7 Å². The van der Waals surface area contributed by atoms with Crippen LogP contribution < -0.4 is 5.73 Å². The van der Waals surface area contributed by atoms with E-state index in [1.807, 2.05) is 0 Å². The number of hydrogen-bond acceptors (Lipinski definition) is 4. The summed E-state index contributed by atoms with van der Waals surface area (Å²) in [4.78, 5) is 24.5. The van der Waals surface area contributed by atoms with Crippen molar-refractivity contribution in [2.75, 3.05) is 13.1 Å². The van der Waals surface area contributed by atoms with Crippen molar-refractivity contribution in [3.63, 3.8) is 0 Å². The monoisotopic (exact) mass is 280 g/mol. The third kappa shape index (κ3) is 2.53. The number of likely N-dealkylation sites (tertiary alicyclic amines) is 1. The largest absolute Gasteiger partial charge is 0.358 e. The second-order valence-corrected chi connectivity index (χ2v) is 5.26. The van der Waals surface area contributed by atoms with Gasteiger partial charge in [0.25, 0.3) is 5.91 Å². The van der Waals surface area contributed by atoms with Gasteiger partial charge in [0.1, 0.15) is 0 Å². The maximum absolute atomic E-state index is 12.5. The van der Waals surface area contributed by atoms with Crippen LogP contribution in [0.1, 0.15) is 30.3 Å². The highest BCUT2D eigenvalue weighted by Gasteiger charge is 2.31. The molecule has 0 radical (unpaired) electrons. The lowest BCUT2D eigenvalue weighted by Gasteiger charge is -2.36. The van der Waals surface area contributed by atoms with Gasteiger partial charge >= 0.3 is 5.82 Å². The van der Waals surface area contributed by atoms with Gasteiger partial charge in [-0.15, -0.1) is 0 Å². The Morgan fingerprint density at radius 2 is 2.25 bits per heavy atom. The van der Waals surface area contributed by atoms with Crippen LogP contribution in [0.2, 0.25) is 0 Å². The molecule has 1 fully saturated rings. The average Bonchev–Trinajstić information content (AvgIpc) is 2.80. The highest BCUT2D eigenvalue weighted by Crippen LogP contribution is 2.22. The van der Waals surface area contributed by atoms with Crippen LogP contribution in [-0.2, 0) is 7.05 Å². The Kier molecular flexibility index (Phi) is 4.08. The molecule has 2 N–H and O–H groups in total. The second kappa shape index (κ2) is 5.62. The quantitative estimate of drug-likeness (QED) is 0.663. The zero-order valence-electron chi connectivity index (χ0n) is 11.8. The number of amides is 1. The van der Waals surface area contributed by atoms with Crippen LogP contribution in [-0.4, -0.2) is 39.4 Å². The number of nitrogens with zero attached hydrogens (tertiary/aromatic N) is 3. The van der Waals surface area contributed by atoms with Gasteiger partial charge in [0.05, 0.1) is 7.05 Å². The zero-order valence-corrected chi connectivity index (χ0v) is 11.8. The van der Waals surface area contributed by atoms with Crippen LogP contribution in [0.4, 0.5) is 5.82 Å². The van der Waals surface area contributed by atoms with Crippen molar-refractivity contribution in [2.45, 2.75) is 25.8 Å². The topological polar surface area (TPSA) is 94.4 Å². The molecule has 1 saturated heterocycles. The van der Waals surface area contributed by atoms with Gasteiger partial charge in [-0.25, -0.2) is 4.57 Å². The fourth-order valence-electron chi connectivity index (χ4n) is 2.73. The average molecular weight is 280 g/mol. The first-order valence-corrected chi connectivity index (χ1v) is 6.80. The van der Waals surface area contributed by atoms with E-state index in [4.69, 9.17) is 5.73 Å². The number of nitro groups is 1. The van der Waals surface area contributed by atoms with Gasteiger partial charge in [-0.1, -0.05) is 13.3 Å². The molecule has 0 aromatic carbocycles. The number of aromatic nitrogens is 1. The molecule has 1 aliphatic rings. The maximum Gasteiger partial charge on any atom is 0.323 e.